The normalized spacial score (nSPS) is 39.0. The lowest BCUT2D eigenvalue weighted by Crippen LogP contribution is -2.71. The first kappa shape index (κ1) is 44.9. The third kappa shape index (κ3) is 11.0. The van der Waals surface area contributed by atoms with Crippen molar-refractivity contribution in [2.24, 2.45) is 0 Å². The highest BCUT2D eigenvalue weighted by atomic mass is 32.3. The molecule has 0 radical (unpaired) electrons. The molecule has 3 fully saturated rings. The number of amides is 2. The molecule has 0 aromatic heterocycles. The molecule has 2 amide bonds. The maximum Gasteiger partial charge on any atom is 0.397 e. The van der Waals surface area contributed by atoms with E-state index in [1.54, 1.807) is 0 Å². The SMILES string of the molecule is C=CCO[C@@H]1O[C@H](COS(=O)(=O)O)[C@@H](O[C@@H]2O[C@H](CO)[C@H](O)[C@H](O[C@]3(C(=O)O)C[C@H](O)[C@@H](NC(C)=O)[C@H]([C@H](O)[C@H](O)CO)O3)[C@H]2O)[C@H](O)[C@H]1NC(C)=O. The highest BCUT2D eigenvalue weighted by molar-refractivity contribution is 7.80. The second kappa shape index (κ2) is 18.9. The molecular formula is C28H46N2O22S. The zero-order valence-electron chi connectivity index (χ0n) is 28.3. The van der Waals surface area contributed by atoms with Crippen LogP contribution < -0.4 is 10.6 Å². The minimum absolute atomic E-state index is 0.213. The zero-order chi connectivity index (χ0) is 40.0. The first-order valence-corrected chi connectivity index (χ1v) is 17.3. The van der Waals surface area contributed by atoms with E-state index >= 15 is 0 Å². The van der Waals surface area contributed by atoms with Crippen molar-refractivity contribution in [1.29, 1.82) is 0 Å². The van der Waals surface area contributed by atoms with Crippen LogP contribution in [0.25, 0.3) is 0 Å². The molecule has 3 heterocycles. The number of nitrogens with one attached hydrogen (secondary N) is 2. The molecule has 0 aromatic carbocycles. The van der Waals surface area contributed by atoms with Gasteiger partial charge in [-0.05, 0) is 0 Å². The number of aliphatic hydroxyl groups excluding tert-OH is 8. The lowest BCUT2D eigenvalue weighted by molar-refractivity contribution is -0.382. The van der Waals surface area contributed by atoms with E-state index in [1.807, 2.05) is 0 Å². The van der Waals surface area contributed by atoms with Crippen molar-refractivity contribution in [1.82, 2.24) is 10.6 Å². The molecule has 25 heteroatoms. The second-order valence-electron chi connectivity index (χ2n) is 12.4. The van der Waals surface area contributed by atoms with Gasteiger partial charge in [0.2, 0.25) is 11.8 Å². The maximum atomic E-state index is 12.8. The van der Waals surface area contributed by atoms with Crippen LogP contribution in [0.5, 0.6) is 0 Å². The van der Waals surface area contributed by atoms with Crippen molar-refractivity contribution in [2.75, 3.05) is 26.4 Å². The number of carboxylic acid groups (broad SMARTS) is 1. The molecule has 3 aliphatic heterocycles. The van der Waals surface area contributed by atoms with Gasteiger partial charge in [0.1, 0.15) is 67.1 Å². The average Bonchev–Trinajstić information content (AvgIpc) is 3.07. The van der Waals surface area contributed by atoms with Gasteiger partial charge >= 0.3 is 16.4 Å². The van der Waals surface area contributed by atoms with E-state index < -0.39 is 152 Å². The number of carbonyl (C=O) groups is 3. The molecule has 0 spiro atoms. The average molecular weight is 795 g/mol. The maximum absolute atomic E-state index is 12.8. The van der Waals surface area contributed by atoms with E-state index in [4.69, 9.17) is 28.4 Å². The Hall–Kier alpha value is -2.54. The van der Waals surface area contributed by atoms with Gasteiger partial charge < -0.3 is 85.0 Å². The monoisotopic (exact) mass is 794 g/mol. The molecule has 0 saturated carbocycles. The molecular weight excluding hydrogens is 748 g/mol. The number of rotatable bonds is 17. The number of carboxylic acids is 1. The molecule has 3 rings (SSSR count). The summed E-state index contributed by atoms with van der Waals surface area (Å²) in [4.78, 5) is 36.6. The van der Waals surface area contributed by atoms with Crippen LogP contribution in [-0.4, -0.2) is 201 Å². The van der Waals surface area contributed by atoms with E-state index in [0.717, 1.165) is 13.8 Å². The molecule has 0 bridgehead atoms. The number of aliphatic carboxylic acids is 1. The topological polar surface area (TPSA) is 376 Å². The Bertz CT molecular complexity index is 1370. The number of hydrogen-bond acceptors (Lipinski definition) is 20. The molecule has 3 saturated heterocycles. The Kier molecular flexibility index (Phi) is 16.0. The van der Waals surface area contributed by atoms with Gasteiger partial charge in [0.25, 0.3) is 5.79 Å². The van der Waals surface area contributed by atoms with Gasteiger partial charge in [0.05, 0.1) is 38.6 Å². The summed E-state index contributed by atoms with van der Waals surface area (Å²) in [7, 11) is -5.14. The number of aliphatic hydroxyl groups is 8. The van der Waals surface area contributed by atoms with Crippen molar-refractivity contribution in [2.45, 2.75) is 118 Å². The van der Waals surface area contributed by atoms with Gasteiger partial charge in [0, 0.05) is 20.3 Å². The first-order chi connectivity index (χ1) is 24.7. The minimum Gasteiger partial charge on any atom is -0.477 e. The highest BCUT2D eigenvalue weighted by Gasteiger charge is 2.60. The van der Waals surface area contributed by atoms with Crippen LogP contribution in [0, 0.1) is 0 Å². The summed E-state index contributed by atoms with van der Waals surface area (Å²) in [6.07, 6.45) is -25.6. The van der Waals surface area contributed by atoms with Crippen LogP contribution in [0.4, 0.5) is 0 Å². The van der Waals surface area contributed by atoms with Crippen molar-refractivity contribution in [3.05, 3.63) is 12.7 Å². The van der Waals surface area contributed by atoms with Crippen LogP contribution >= 0.6 is 0 Å². The standard InChI is InChI=1S/C28H46N2O22S/c1-4-5-46-25-17(30-11(3)34)20(39)22(15(49-25)9-47-53(43,44)45)50-26-21(40)24(19(38)14(8-32)48-26)52-28(27(41)42)6-12(35)16(29-10(2)33)23(51-28)18(37)13(36)7-31/h4,12-26,31-32,35-40H,1,5-9H2,2-3H3,(H,29,33)(H,30,34)(H,41,42)(H,43,44,45)/t12-,13+,14+,15+,16+,17+,18+,19-,20+,21+,22+,23+,24-,25+,26-,28-/m0/s1. The fourth-order valence-electron chi connectivity index (χ4n) is 6.00. The third-order valence-corrected chi connectivity index (χ3v) is 8.86. The van der Waals surface area contributed by atoms with E-state index in [9.17, 15) is 73.3 Å². The van der Waals surface area contributed by atoms with E-state index in [0.29, 0.717) is 0 Å². The molecule has 16 atom stereocenters. The fraction of sp³-hybridized carbons (Fsp3) is 0.821. The van der Waals surface area contributed by atoms with E-state index in [1.165, 1.54) is 6.08 Å². The Labute approximate surface area is 301 Å². The summed E-state index contributed by atoms with van der Waals surface area (Å²) >= 11 is 0. The molecule has 24 nitrogen and oxygen atoms in total. The van der Waals surface area contributed by atoms with Crippen LogP contribution in [0.2, 0.25) is 0 Å². The second-order valence-corrected chi connectivity index (χ2v) is 13.5. The molecule has 306 valence electrons. The number of ether oxygens (including phenoxy) is 6. The van der Waals surface area contributed by atoms with Gasteiger partial charge in [-0.1, -0.05) is 6.08 Å². The van der Waals surface area contributed by atoms with E-state index in [-0.39, 0.29) is 6.61 Å². The smallest absolute Gasteiger partial charge is 0.397 e. The Morgan fingerprint density at radius 3 is 2.08 bits per heavy atom. The molecule has 3 aliphatic rings. The summed E-state index contributed by atoms with van der Waals surface area (Å²) in [6, 6.07) is -3.08. The third-order valence-electron chi connectivity index (χ3n) is 8.43. The van der Waals surface area contributed by atoms with Crippen molar-refractivity contribution >= 4 is 28.2 Å². The number of hydrogen-bond donors (Lipinski definition) is 12. The summed E-state index contributed by atoms with van der Waals surface area (Å²) in [5.41, 5.74) is 0. The summed E-state index contributed by atoms with van der Waals surface area (Å²) in [6.45, 7) is 2.11. The fourth-order valence-corrected chi connectivity index (χ4v) is 6.30. The van der Waals surface area contributed by atoms with Gasteiger partial charge in [-0.25, -0.2) is 8.98 Å². The lowest BCUT2D eigenvalue weighted by Gasteiger charge is -2.51. The van der Waals surface area contributed by atoms with Crippen LogP contribution in [0.15, 0.2) is 12.7 Å². The highest BCUT2D eigenvalue weighted by Crippen LogP contribution is 2.38. The largest absolute Gasteiger partial charge is 0.477 e. The Balaban J connectivity index is 2.02. The molecule has 0 aromatic rings. The summed E-state index contributed by atoms with van der Waals surface area (Å²) in [5, 5.41) is 99.9. The van der Waals surface area contributed by atoms with Crippen molar-refractivity contribution in [3.63, 3.8) is 0 Å². The van der Waals surface area contributed by atoms with Gasteiger partial charge in [-0.3, -0.25) is 14.1 Å². The predicted octanol–water partition coefficient (Wildman–Crippen LogP) is -7.04. The quantitative estimate of drug-likeness (QED) is 0.0481. The van der Waals surface area contributed by atoms with Crippen LogP contribution in [0.3, 0.4) is 0 Å². The summed E-state index contributed by atoms with van der Waals surface area (Å²) < 4.78 is 69.9. The zero-order valence-corrected chi connectivity index (χ0v) is 29.1. The molecule has 53 heavy (non-hydrogen) atoms. The van der Waals surface area contributed by atoms with E-state index in [2.05, 4.69) is 21.4 Å². The molecule has 0 unspecified atom stereocenters. The number of carbonyl (C=O) groups excluding carboxylic acids is 2. The minimum atomic E-state index is -5.14. The van der Waals surface area contributed by atoms with Crippen molar-refractivity contribution < 1.29 is 106 Å². The van der Waals surface area contributed by atoms with Gasteiger partial charge in [0.15, 0.2) is 12.6 Å². The Morgan fingerprint density at radius 1 is 0.943 bits per heavy atom. The molecule has 12 N–H and O–H groups in total. The van der Waals surface area contributed by atoms with Gasteiger partial charge in [-0.15, -0.1) is 6.58 Å². The Morgan fingerprint density at radius 2 is 1.55 bits per heavy atom. The molecule has 0 aliphatic carbocycles. The van der Waals surface area contributed by atoms with Crippen molar-refractivity contribution in [3.8, 4) is 0 Å². The van der Waals surface area contributed by atoms with Crippen LogP contribution in [-0.2, 0) is 57.4 Å². The van der Waals surface area contributed by atoms with Crippen LogP contribution in [0.1, 0.15) is 20.3 Å². The predicted molar refractivity (Wildman–Crippen MR) is 166 cm³/mol. The van der Waals surface area contributed by atoms with Gasteiger partial charge in [-0.2, -0.15) is 8.42 Å². The summed E-state index contributed by atoms with van der Waals surface area (Å²) in [5.74, 6) is -6.65. The lowest BCUT2D eigenvalue weighted by atomic mass is 9.88. The first-order valence-electron chi connectivity index (χ1n) is 15.9.